The minimum Gasteiger partial charge on any atom is -0.477 e. The van der Waals surface area contributed by atoms with E-state index in [0.29, 0.717) is 16.8 Å². The van der Waals surface area contributed by atoms with Crippen molar-refractivity contribution in [3.63, 3.8) is 0 Å². The number of carbonyl (C=O) groups is 1. The van der Waals surface area contributed by atoms with Gasteiger partial charge in [-0.3, -0.25) is 0 Å². The molecular weight excluding hydrogens is 314 g/mol. The highest BCUT2D eigenvalue weighted by molar-refractivity contribution is 7.91. The topological polar surface area (TPSA) is 87.2 Å². The quantitative estimate of drug-likeness (QED) is 0.753. The van der Waals surface area contributed by atoms with Crippen LogP contribution in [0.15, 0.2) is 59.5 Å². The Kier molecular flexibility index (Phi) is 3.92. The molecular formula is C17H15NO4S. The van der Waals surface area contributed by atoms with Crippen molar-refractivity contribution in [3.8, 4) is 0 Å². The SMILES string of the molecule is O=C(O)c1cc2c(CCS(=O)(=O)c3ccccc3)cccc2[nH]1. The average molecular weight is 329 g/mol. The van der Waals surface area contributed by atoms with Crippen LogP contribution in [-0.4, -0.2) is 30.2 Å². The summed E-state index contributed by atoms with van der Waals surface area (Å²) in [5.41, 5.74) is 1.60. The Morgan fingerprint density at radius 3 is 2.48 bits per heavy atom. The molecule has 0 atom stereocenters. The first-order valence-corrected chi connectivity index (χ1v) is 8.74. The molecule has 2 N–H and O–H groups in total. The number of nitrogens with one attached hydrogen (secondary N) is 1. The first kappa shape index (κ1) is 15.3. The van der Waals surface area contributed by atoms with E-state index in [1.807, 2.05) is 6.07 Å². The van der Waals surface area contributed by atoms with Crippen LogP contribution < -0.4 is 0 Å². The van der Waals surface area contributed by atoms with Gasteiger partial charge in [-0.1, -0.05) is 30.3 Å². The van der Waals surface area contributed by atoms with Crippen molar-refractivity contribution in [3.05, 3.63) is 65.9 Å². The summed E-state index contributed by atoms with van der Waals surface area (Å²) in [4.78, 5) is 14.2. The predicted octanol–water partition coefficient (Wildman–Crippen LogP) is 2.88. The van der Waals surface area contributed by atoms with Gasteiger partial charge in [0.25, 0.3) is 0 Å². The molecule has 0 aliphatic heterocycles. The third-order valence-corrected chi connectivity index (χ3v) is 5.46. The van der Waals surface area contributed by atoms with E-state index in [1.165, 1.54) is 0 Å². The van der Waals surface area contributed by atoms with E-state index in [2.05, 4.69) is 4.98 Å². The van der Waals surface area contributed by atoms with Crippen molar-refractivity contribution < 1.29 is 18.3 Å². The fraction of sp³-hybridized carbons (Fsp3) is 0.118. The Morgan fingerprint density at radius 1 is 1.04 bits per heavy atom. The van der Waals surface area contributed by atoms with Gasteiger partial charge in [-0.05, 0) is 36.2 Å². The molecule has 5 nitrogen and oxygen atoms in total. The molecule has 1 aromatic heterocycles. The second-order valence-electron chi connectivity index (χ2n) is 5.25. The lowest BCUT2D eigenvalue weighted by Crippen LogP contribution is -2.09. The Balaban J connectivity index is 1.89. The van der Waals surface area contributed by atoms with Gasteiger partial charge in [0.15, 0.2) is 9.84 Å². The van der Waals surface area contributed by atoms with Gasteiger partial charge >= 0.3 is 5.97 Å². The first-order valence-electron chi connectivity index (χ1n) is 7.09. The second kappa shape index (κ2) is 5.89. The number of aryl methyl sites for hydroxylation is 1. The van der Waals surface area contributed by atoms with Crippen LogP contribution in [0.25, 0.3) is 10.9 Å². The molecule has 0 bridgehead atoms. The van der Waals surface area contributed by atoms with Gasteiger partial charge < -0.3 is 10.1 Å². The molecule has 0 radical (unpaired) electrons. The minimum atomic E-state index is -3.36. The molecule has 0 amide bonds. The summed E-state index contributed by atoms with van der Waals surface area (Å²) in [6.07, 6.45) is 0.325. The van der Waals surface area contributed by atoms with Gasteiger partial charge in [-0.25, -0.2) is 13.2 Å². The number of hydrogen-bond acceptors (Lipinski definition) is 3. The van der Waals surface area contributed by atoms with Crippen LogP contribution in [0.2, 0.25) is 0 Å². The van der Waals surface area contributed by atoms with Crippen LogP contribution >= 0.6 is 0 Å². The Labute approximate surface area is 133 Å². The largest absolute Gasteiger partial charge is 0.477 e. The summed E-state index contributed by atoms with van der Waals surface area (Å²) in [6.45, 7) is 0. The molecule has 6 heteroatoms. The van der Waals surface area contributed by atoms with Crippen LogP contribution in [-0.2, 0) is 16.3 Å². The fourth-order valence-electron chi connectivity index (χ4n) is 2.54. The zero-order valence-electron chi connectivity index (χ0n) is 12.2. The van der Waals surface area contributed by atoms with Crippen LogP contribution in [0.5, 0.6) is 0 Å². The Bertz CT molecular complexity index is 959. The lowest BCUT2D eigenvalue weighted by molar-refractivity contribution is 0.0691. The van der Waals surface area contributed by atoms with Gasteiger partial charge in [0.05, 0.1) is 10.6 Å². The highest BCUT2D eigenvalue weighted by Crippen LogP contribution is 2.22. The molecule has 0 fully saturated rings. The third-order valence-electron chi connectivity index (χ3n) is 3.73. The maximum atomic E-state index is 12.4. The standard InChI is InChI=1S/C17H15NO4S/c19-17(20)16-11-14-12(5-4-8-15(14)18-16)9-10-23(21,22)13-6-2-1-3-7-13/h1-8,11,18H,9-10H2,(H,19,20). The van der Waals surface area contributed by atoms with Crippen molar-refractivity contribution in [1.82, 2.24) is 4.98 Å². The Hall–Kier alpha value is -2.60. The van der Waals surface area contributed by atoms with Crippen molar-refractivity contribution in [2.45, 2.75) is 11.3 Å². The van der Waals surface area contributed by atoms with Gasteiger partial charge in [-0.15, -0.1) is 0 Å². The number of aromatic amines is 1. The molecule has 0 aliphatic rings. The number of rotatable bonds is 5. The van der Waals surface area contributed by atoms with Crippen LogP contribution in [0.3, 0.4) is 0 Å². The summed E-state index contributed by atoms with van der Waals surface area (Å²) in [5.74, 6) is -1.06. The van der Waals surface area contributed by atoms with E-state index in [4.69, 9.17) is 5.11 Å². The first-order chi connectivity index (χ1) is 11.0. The molecule has 1 heterocycles. The molecule has 0 saturated heterocycles. The van der Waals surface area contributed by atoms with Crippen molar-refractivity contribution in [1.29, 1.82) is 0 Å². The smallest absolute Gasteiger partial charge is 0.352 e. The lowest BCUT2D eigenvalue weighted by atomic mass is 10.1. The van der Waals surface area contributed by atoms with E-state index in [0.717, 1.165) is 10.9 Å². The molecule has 3 aromatic rings. The van der Waals surface area contributed by atoms with Crippen molar-refractivity contribution >= 4 is 26.7 Å². The zero-order chi connectivity index (χ0) is 16.4. The van der Waals surface area contributed by atoms with Gasteiger partial charge in [0.1, 0.15) is 5.69 Å². The van der Waals surface area contributed by atoms with Crippen molar-refractivity contribution in [2.24, 2.45) is 0 Å². The summed E-state index contributed by atoms with van der Waals surface area (Å²) >= 11 is 0. The maximum Gasteiger partial charge on any atom is 0.352 e. The minimum absolute atomic E-state index is 0.0241. The normalized spacial score (nSPS) is 11.7. The van der Waals surface area contributed by atoms with Gasteiger partial charge in [0, 0.05) is 10.9 Å². The highest BCUT2D eigenvalue weighted by Gasteiger charge is 2.16. The fourth-order valence-corrected chi connectivity index (χ4v) is 3.84. The van der Waals surface area contributed by atoms with E-state index in [9.17, 15) is 13.2 Å². The van der Waals surface area contributed by atoms with Gasteiger partial charge in [0.2, 0.25) is 0 Å². The second-order valence-corrected chi connectivity index (χ2v) is 7.36. The number of benzene rings is 2. The molecule has 118 valence electrons. The molecule has 0 aliphatic carbocycles. The van der Waals surface area contributed by atoms with Crippen LogP contribution in [0, 0.1) is 0 Å². The van der Waals surface area contributed by atoms with Crippen LogP contribution in [0.4, 0.5) is 0 Å². The molecule has 2 aromatic carbocycles. The van der Waals surface area contributed by atoms with Crippen molar-refractivity contribution in [2.75, 3.05) is 5.75 Å². The molecule has 3 rings (SSSR count). The highest BCUT2D eigenvalue weighted by atomic mass is 32.2. The Morgan fingerprint density at radius 2 is 1.78 bits per heavy atom. The number of aromatic carboxylic acids is 1. The molecule has 0 saturated carbocycles. The maximum absolute atomic E-state index is 12.4. The number of hydrogen-bond donors (Lipinski definition) is 2. The average Bonchev–Trinajstić information content (AvgIpc) is 2.99. The zero-order valence-corrected chi connectivity index (χ0v) is 13.0. The monoisotopic (exact) mass is 329 g/mol. The predicted molar refractivity (Wildman–Crippen MR) is 87.5 cm³/mol. The number of carboxylic acids is 1. The molecule has 0 unspecified atom stereocenters. The van der Waals surface area contributed by atoms with E-state index >= 15 is 0 Å². The van der Waals surface area contributed by atoms with E-state index < -0.39 is 15.8 Å². The number of carboxylic acid groups (broad SMARTS) is 1. The van der Waals surface area contributed by atoms with Crippen LogP contribution in [0.1, 0.15) is 16.1 Å². The van der Waals surface area contributed by atoms with E-state index in [1.54, 1.807) is 48.5 Å². The number of H-pyrrole nitrogens is 1. The number of aromatic nitrogens is 1. The molecule has 0 spiro atoms. The summed E-state index contributed by atoms with van der Waals surface area (Å²) in [5, 5.41) is 9.80. The van der Waals surface area contributed by atoms with Gasteiger partial charge in [-0.2, -0.15) is 0 Å². The summed E-state index contributed by atoms with van der Waals surface area (Å²) in [7, 11) is -3.36. The molecule has 23 heavy (non-hydrogen) atoms. The summed E-state index contributed by atoms with van der Waals surface area (Å²) < 4.78 is 24.7. The number of fused-ring (bicyclic) bond motifs is 1. The third kappa shape index (κ3) is 3.12. The number of sulfone groups is 1. The summed E-state index contributed by atoms with van der Waals surface area (Å²) in [6, 6.07) is 15.2. The lowest BCUT2D eigenvalue weighted by Gasteiger charge is -2.05. The van der Waals surface area contributed by atoms with E-state index in [-0.39, 0.29) is 11.4 Å².